The van der Waals surface area contributed by atoms with Crippen LogP contribution in [0.1, 0.15) is 251 Å². The molecule has 372 valence electrons. The van der Waals surface area contributed by atoms with Gasteiger partial charge in [-0.05, 0) is 38.5 Å². The topological polar surface area (TPSA) is 105 Å². The van der Waals surface area contributed by atoms with E-state index < -0.39 is 20.0 Å². The van der Waals surface area contributed by atoms with Crippen molar-refractivity contribution in [2.24, 2.45) is 0 Å². The van der Waals surface area contributed by atoms with Gasteiger partial charge in [-0.25, -0.2) is 4.57 Å². The number of hydrogen-bond donors (Lipinski definition) is 3. The van der Waals surface area contributed by atoms with Gasteiger partial charge in [-0.3, -0.25) is 13.8 Å². The van der Waals surface area contributed by atoms with E-state index in [1.807, 2.05) is 27.2 Å². The number of carbonyl (C=O) groups is 1. The number of nitrogens with zero attached hydrogens (tertiary/aromatic N) is 1. The van der Waals surface area contributed by atoms with Gasteiger partial charge in [0.25, 0.3) is 0 Å². The van der Waals surface area contributed by atoms with Crippen molar-refractivity contribution >= 4 is 13.7 Å². The van der Waals surface area contributed by atoms with Crippen LogP contribution in [0.2, 0.25) is 0 Å². The Bertz CT molecular complexity index is 1120. The summed E-state index contributed by atoms with van der Waals surface area (Å²) in [5, 5.41) is 13.8. The molecule has 0 bridgehead atoms. The number of aliphatic hydroxyl groups excluding tert-OH is 1. The van der Waals surface area contributed by atoms with Crippen LogP contribution < -0.4 is 5.32 Å². The third-order valence-electron chi connectivity index (χ3n) is 12.1. The van der Waals surface area contributed by atoms with Crippen LogP contribution in [-0.4, -0.2) is 73.4 Å². The summed E-state index contributed by atoms with van der Waals surface area (Å²) in [7, 11) is 1.55. The molecule has 0 heterocycles. The highest BCUT2D eigenvalue weighted by atomic mass is 31.2. The Morgan fingerprint density at radius 3 is 1.25 bits per heavy atom. The van der Waals surface area contributed by atoms with E-state index in [0.717, 1.165) is 51.4 Å². The third-order valence-corrected chi connectivity index (χ3v) is 13.1. The molecule has 0 aliphatic carbocycles. The maximum atomic E-state index is 12.9. The summed E-state index contributed by atoms with van der Waals surface area (Å²) in [6.07, 6.45) is 58.5. The fourth-order valence-electron chi connectivity index (χ4n) is 7.91. The molecule has 0 radical (unpaired) electrons. The van der Waals surface area contributed by atoms with E-state index in [1.54, 1.807) is 6.08 Å². The molecule has 63 heavy (non-hydrogen) atoms. The largest absolute Gasteiger partial charge is 0.472 e. The number of carbonyl (C=O) groups excluding carboxylic acids is 1. The molecule has 8 nitrogen and oxygen atoms in total. The van der Waals surface area contributed by atoms with Crippen LogP contribution in [0.15, 0.2) is 36.5 Å². The van der Waals surface area contributed by atoms with Crippen LogP contribution in [0, 0.1) is 0 Å². The molecule has 0 aliphatic rings. The molecule has 0 spiro atoms. The lowest BCUT2D eigenvalue weighted by Crippen LogP contribution is -2.45. The number of aliphatic hydroxyl groups is 1. The highest BCUT2D eigenvalue weighted by Gasteiger charge is 2.27. The molecule has 0 aliphatic heterocycles. The van der Waals surface area contributed by atoms with Crippen molar-refractivity contribution in [1.29, 1.82) is 0 Å². The molecule has 3 atom stereocenters. The van der Waals surface area contributed by atoms with Crippen LogP contribution in [-0.2, 0) is 18.4 Å². The van der Waals surface area contributed by atoms with Gasteiger partial charge in [0.15, 0.2) is 0 Å². The van der Waals surface area contributed by atoms with Crippen molar-refractivity contribution < 1.29 is 32.9 Å². The molecule has 0 saturated carbocycles. The van der Waals surface area contributed by atoms with E-state index >= 15 is 0 Å². The van der Waals surface area contributed by atoms with Crippen molar-refractivity contribution in [3.05, 3.63) is 36.5 Å². The number of hydrogen-bond acceptors (Lipinski definition) is 5. The Labute approximate surface area is 391 Å². The number of unbranched alkanes of at least 4 members (excludes halogenated alkanes) is 32. The zero-order valence-corrected chi connectivity index (χ0v) is 43.2. The smallest absolute Gasteiger partial charge is 0.387 e. The van der Waals surface area contributed by atoms with Crippen LogP contribution >= 0.6 is 7.82 Å². The zero-order valence-electron chi connectivity index (χ0n) is 42.3. The van der Waals surface area contributed by atoms with Crippen LogP contribution in [0.25, 0.3) is 0 Å². The highest BCUT2D eigenvalue weighted by molar-refractivity contribution is 7.47. The average Bonchev–Trinajstić information content (AvgIpc) is 3.24. The number of rotatable bonds is 49. The van der Waals surface area contributed by atoms with Gasteiger partial charge in [0.2, 0.25) is 5.91 Å². The van der Waals surface area contributed by atoms with Crippen molar-refractivity contribution in [2.75, 3.05) is 40.9 Å². The van der Waals surface area contributed by atoms with Gasteiger partial charge in [0, 0.05) is 6.42 Å². The number of nitrogens with one attached hydrogen (secondary N) is 1. The van der Waals surface area contributed by atoms with E-state index in [-0.39, 0.29) is 19.1 Å². The lowest BCUT2D eigenvalue weighted by Gasteiger charge is -2.25. The highest BCUT2D eigenvalue weighted by Crippen LogP contribution is 2.43. The average molecular weight is 910 g/mol. The van der Waals surface area contributed by atoms with Crippen molar-refractivity contribution in [3.8, 4) is 0 Å². The molecule has 0 aromatic carbocycles. The van der Waals surface area contributed by atoms with Gasteiger partial charge in [-0.2, -0.15) is 0 Å². The number of amides is 1. The molecular weight excluding hydrogens is 804 g/mol. The minimum atomic E-state index is -4.35. The second-order valence-electron chi connectivity index (χ2n) is 19.6. The van der Waals surface area contributed by atoms with E-state index in [9.17, 15) is 19.4 Å². The van der Waals surface area contributed by atoms with Crippen molar-refractivity contribution in [2.45, 2.75) is 264 Å². The van der Waals surface area contributed by atoms with Crippen LogP contribution in [0.5, 0.6) is 0 Å². The van der Waals surface area contributed by atoms with E-state index in [2.05, 4.69) is 43.5 Å². The zero-order chi connectivity index (χ0) is 46.4. The Morgan fingerprint density at radius 1 is 0.540 bits per heavy atom. The first kappa shape index (κ1) is 61.7. The Hall–Kier alpha value is -1.28. The second kappa shape index (κ2) is 45.9. The minimum absolute atomic E-state index is 0.0544. The first-order valence-electron chi connectivity index (χ1n) is 26.9. The first-order valence-corrected chi connectivity index (χ1v) is 28.4. The first-order chi connectivity index (χ1) is 30.5. The molecule has 0 saturated heterocycles. The quantitative estimate of drug-likeness (QED) is 0.0243. The predicted octanol–water partition coefficient (Wildman–Crippen LogP) is 15.8. The molecule has 9 heteroatoms. The van der Waals surface area contributed by atoms with Crippen LogP contribution in [0.3, 0.4) is 0 Å². The predicted molar refractivity (Wildman–Crippen MR) is 272 cm³/mol. The number of phosphoric ester groups is 1. The fourth-order valence-corrected chi connectivity index (χ4v) is 8.64. The van der Waals surface area contributed by atoms with Crippen molar-refractivity contribution in [3.63, 3.8) is 0 Å². The molecule has 0 rings (SSSR count). The summed E-state index contributed by atoms with van der Waals surface area (Å²) >= 11 is 0. The molecule has 0 fully saturated rings. The summed E-state index contributed by atoms with van der Waals surface area (Å²) in [5.41, 5.74) is 0. The summed E-state index contributed by atoms with van der Waals surface area (Å²) in [5.74, 6) is -0.190. The summed E-state index contributed by atoms with van der Waals surface area (Å²) in [6.45, 7) is 4.68. The minimum Gasteiger partial charge on any atom is -0.387 e. The summed E-state index contributed by atoms with van der Waals surface area (Å²) in [4.78, 5) is 23.1. The van der Waals surface area contributed by atoms with E-state index in [4.69, 9.17) is 9.05 Å². The number of likely N-dealkylation sites (N-methyl/N-ethyl adjacent to an activating group) is 1. The van der Waals surface area contributed by atoms with Gasteiger partial charge in [0.05, 0.1) is 39.9 Å². The van der Waals surface area contributed by atoms with Crippen molar-refractivity contribution in [1.82, 2.24) is 5.32 Å². The molecule has 3 unspecified atom stereocenters. The summed E-state index contributed by atoms with van der Waals surface area (Å²) in [6, 6.07) is -0.865. The molecule has 1 amide bonds. The monoisotopic (exact) mass is 910 g/mol. The van der Waals surface area contributed by atoms with Gasteiger partial charge >= 0.3 is 7.82 Å². The molecule has 3 N–H and O–H groups in total. The maximum absolute atomic E-state index is 12.9. The Kier molecular flexibility index (Phi) is 44.9. The molecule has 0 aromatic rings. The van der Waals surface area contributed by atoms with E-state index in [1.165, 1.54) is 180 Å². The number of phosphoric acid groups is 1. The maximum Gasteiger partial charge on any atom is 0.472 e. The lowest BCUT2D eigenvalue weighted by molar-refractivity contribution is -0.870. The normalized spacial score (nSPS) is 14.3. The second-order valence-corrected chi connectivity index (χ2v) is 21.0. The van der Waals surface area contributed by atoms with Crippen LogP contribution in [0.4, 0.5) is 0 Å². The summed E-state index contributed by atoms with van der Waals surface area (Å²) < 4.78 is 23.5. The SMILES string of the molecule is CC/C=C/CC/C=C/CC/C=C/C(O)C(COP(=O)(O)OCC[N+](C)(C)C)NC(=O)CCCCCCCCCCCCCCCCCCCCCCCCCCCCCCCCC. The lowest BCUT2D eigenvalue weighted by atomic mass is 10.0. The Morgan fingerprint density at radius 2 is 0.889 bits per heavy atom. The van der Waals surface area contributed by atoms with E-state index in [0.29, 0.717) is 17.4 Å². The fraction of sp³-hybridized carbons (Fsp3) is 0.870. The van der Waals surface area contributed by atoms with Gasteiger partial charge < -0.3 is 19.8 Å². The van der Waals surface area contributed by atoms with Gasteiger partial charge in [0.1, 0.15) is 13.2 Å². The standard InChI is InChI=1S/C54H105N2O6P/c1-6-8-10-12-14-16-18-19-20-21-22-23-24-25-26-27-28-29-30-31-32-33-34-35-36-37-38-40-42-44-46-48-54(58)55-52(51-62-63(59,60)61-50-49-56(3,4)5)53(57)47-45-43-41-39-17-15-13-11-9-7-2/h9,11,17,39,45,47,52-53,57H,6-8,10,12-16,18-38,40-44,46,48-51H2,1-5H3,(H-,55,58,59,60)/p+1/b11-9+,39-17+,47-45+. The number of quaternary nitrogens is 1. The number of allylic oxidation sites excluding steroid dienone is 5. The molecular formula is C54H106N2O6P+. The van der Waals surface area contributed by atoms with Gasteiger partial charge in [-0.15, -0.1) is 0 Å². The third kappa shape index (κ3) is 48.5. The van der Waals surface area contributed by atoms with Gasteiger partial charge in [-0.1, -0.05) is 243 Å². The molecule has 0 aromatic heterocycles. The Balaban J connectivity index is 3.96.